The predicted molar refractivity (Wildman–Crippen MR) is 57.9 cm³/mol. The van der Waals surface area contributed by atoms with E-state index in [1.54, 1.807) is 6.92 Å². The van der Waals surface area contributed by atoms with Crippen LogP contribution in [0.4, 0.5) is 4.79 Å². The molecule has 3 amide bonds. The van der Waals surface area contributed by atoms with Crippen LogP contribution in [0.2, 0.25) is 0 Å². The second kappa shape index (κ2) is 3.45. The summed E-state index contributed by atoms with van der Waals surface area (Å²) < 4.78 is 4.77. The normalized spacial score (nSPS) is 40.3. The number of hydrogen-bond acceptors (Lipinski definition) is 4. The fourth-order valence-electron chi connectivity index (χ4n) is 3.09. The number of urea groups is 1. The zero-order valence-corrected chi connectivity index (χ0v) is 10.1. The highest BCUT2D eigenvalue weighted by Gasteiger charge is 2.61. The van der Waals surface area contributed by atoms with Gasteiger partial charge in [0.1, 0.15) is 5.54 Å². The molecule has 0 radical (unpaired) electrons. The number of imide groups is 1. The van der Waals surface area contributed by atoms with Crippen molar-refractivity contribution in [3.63, 3.8) is 0 Å². The Morgan fingerprint density at radius 3 is 2.59 bits per heavy atom. The molecule has 1 heterocycles. The molecule has 3 unspecified atom stereocenters. The first-order chi connectivity index (χ1) is 7.84. The highest BCUT2D eigenvalue weighted by molar-refractivity contribution is 6.08. The summed E-state index contributed by atoms with van der Waals surface area (Å²) in [6.07, 6.45) is 0.804. The molecular weight excluding hydrogens is 224 g/mol. The van der Waals surface area contributed by atoms with Gasteiger partial charge in [0.2, 0.25) is 0 Å². The van der Waals surface area contributed by atoms with Gasteiger partial charge in [0, 0.05) is 0 Å². The van der Waals surface area contributed by atoms with Crippen LogP contribution in [0.15, 0.2) is 0 Å². The molecule has 2 N–H and O–H groups in total. The van der Waals surface area contributed by atoms with E-state index in [0.717, 1.165) is 0 Å². The molecule has 17 heavy (non-hydrogen) atoms. The third-order valence-corrected chi connectivity index (χ3v) is 3.91. The molecule has 1 aliphatic heterocycles. The smallest absolute Gasteiger partial charge is 0.322 e. The zero-order chi connectivity index (χ0) is 12.8. The topological polar surface area (TPSA) is 84.5 Å². The minimum absolute atomic E-state index is 0.0990. The minimum atomic E-state index is -0.958. The molecule has 0 aromatic carbocycles. The fraction of sp³-hybridized carbons (Fsp3) is 0.727. The highest BCUT2D eigenvalue weighted by Crippen LogP contribution is 2.49. The minimum Gasteiger partial charge on any atom is -0.469 e. The molecule has 2 fully saturated rings. The molecule has 1 saturated carbocycles. The number of ether oxygens (including phenoxy) is 1. The van der Waals surface area contributed by atoms with E-state index >= 15 is 0 Å². The van der Waals surface area contributed by atoms with E-state index in [-0.39, 0.29) is 24.2 Å². The van der Waals surface area contributed by atoms with Gasteiger partial charge in [0.25, 0.3) is 5.91 Å². The Kier molecular flexibility index (Phi) is 2.41. The van der Waals surface area contributed by atoms with E-state index in [1.807, 2.05) is 6.92 Å². The molecule has 0 aromatic rings. The van der Waals surface area contributed by atoms with Gasteiger partial charge in [0.15, 0.2) is 0 Å². The van der Waals surface area contributed by atoms with Crippen LogP contribution >= 0.6 is 0 Å². The SMILES string of the molecule is COC(=O)C1(C)CC(C)C2(C1)NC(=O)NC2=O. The van der Waals surface area contributed by atoms with Crippen LogP contribution in [0.1, 0.15) is 26.7 Å². The third-order valence-electron chi connectivity index (χ3n) is 3.91. The van der Waals surface area contributed by atoms with Crippen molar-refractivity contribution in [2.24, 2.45) is 11.3 Å². The Labute approximate surface area is 99.1 Å². The van der Waals surface area contributed by atoms with Gasteiger partial charge in [-0.15, -0.1) is 0 Å². The van der Waals surface area contributed by atoms with Crippen LogP contribution in [-0.4, -0.2) is 30.6 Å². The summed E-state index contributed by atoms with van der Waals surface area (Å²) >= 11 is 0. The van der Waals surface area contributed by atoms with Crippen molar-refractivity contribution in [3.05, 3.63) is 0 Å². The quantitative estimate of drug-likeness (QED) is 0.505. The maximum atomic E-state index is 11.9. The number of carbonyl (C=O) groups is 3. The summed E-state index contributed by atoms with van der Waals surface area (Å²) in [5.74, 6) is -0.782. The predicted octanol–water partition coefficient (Wildman–Crippen LogP) is 0.174. The van der Waals surface area contributed by atoms with E-state index in [9.17, 15) is 14.4 Å². The Bertz CT molecular complexity index is 408. The monoisotopic (exact) mass is 240 g/mol. The lowest BCUT2D eigenvalue weighted by Crippen LogP contribution is -2.49. The van der Waals surface area contributed by atoms with Crippen LogP contribution in [0, 0.1) is 11.3 Å². The van der Waals surface area contributed by atoms with Crippen molar-refractivity contribution in [1.29, 1.82) is 0 Å². The van der Waals surface area contributed by atoms with E-state index in [1.165, 1.54) is 7.11 Å². The van der Waals surface area contributed by atoms with Crippen LogP contribution in [0.5, 0.6) is 0 Å². The van der Waals surface area contributed by atoms with Gasteiger partial charge < -0.3 is 10.1 Å². The zero-order valence-electron chi connectivity index (χ0n) is 10.1. The Hall–Kier alpha value is -1.59. The van der Waals surface area contributed by atoms with E-state index in [0.29, 0.717) is 6.42 Å². The molecule has 1 saturated heterocycles. The van der Waals surface area contributed by atoms with Gasteiger partial charge in [0.05, 0.1) is 12.5 Å². The lowest BCUT2D eigenvalue weighted by atomic mass is 9.85. The first-order valence-corrected chi connectivity index (χ1v) is 5.56. The Balaban J connectivity index is 2.32. The molecule has 0 bridgehead atoms. The van der Waals surface area contributed by atoms with Gasteiger partial charge in [-0.05, 0) is 25.7 Å². The van der Waals surface area contributed by atoms with Crippen molar-refractivity contribution in [3.8, 4) is 0 Å². The van der Waals surface area contributed by atoms with Crippen molar-refractivity contribution in [2.75, 3.05) is 7.11 Å². The Morgan fingerprint density at radius 2 is 2.12 bits per heavy atom. The average Bonchev–Trinajstić information content (AvgIpc) is 2.66. The van der Waals surface area contributed by atoms with Crippen LogP contribution < -0.4 is 10.6 Å². The Morgan fingerprint density at radius 1 is 1.47 bits per heavy atom. The maximum Gasteiger partial charge on any atom is 0.322 e. The summed E-state index contributed by atoms with van der Waals surface area (Å²) in [7, 11) is 1.33. The van der Waals surface area contributed by atoms with Gasteiger partial charge in [-0.2, -0.15) is 0 Å². The summed E-state index contributed by atoms with van der Waals surface area (Å²) in [6, 6.07) is -0.490. The van der Waals surface area contributed by atoms with Gasteiger partial charge in [-0.1, -0.05) is 6.92 Å². The van der Waals surface area contributed by atoms with Gasteiger partial charge in [-0.25, -0.2) is 4.79 Å². The van der Waals surface area contributed by atoms with E-state index in [4.69, 9.17) is 4.74 Å². The highest BCUT2D eigenvalue weighted by atomic mass is 16.5. The van der Waals surface area contributed by atoms with Crippen molar-refractivity contribution in [2.45, 2.75) is 32.2 Å². The largest absolute Gasteiger partial charge is 0.469 e. The number of amides is 3. The molecule has 0 aromatic heterocycles. The second-order valence-electron chi connectivity index (χ2n) is 5.21. The van der Waals surface area contributed by atoms with E-state index in [2.05, 4.69) is 10.6 Å². The van der Waals surface area contributed by atoms with Crippen LogP contribution in [0.25, 0.3) is 0 Å². The van der Waals surface area contributed by atoms with Gasteiger partial charge in [-0.3, -0.25) is 14.9 Å². The molecule has 6 nitrogen and oxygen atoms in total. The van der Waals surface area contributed by atoms with Crippen molar-refractivity contribution in [1.82, 2.24) is 10.6 Å². The number of rotatable bonds is 1. The molecule has 1 spiro atoms. The molecule has 2 aliphatic rings. The molecular formula is C11H16N2O4. The third kappa shape index (κ3) is 1.50. The lowest BCUT2D eigenvalue weighted by molar-refractivity contribution is -0.151. The summed E-state index contributed by atoms with van der Waals surface area (Å²) in [5, 5.41) is 4.89. The molecule has 6 heteroatoms. The van der Waals surface area contributed by atoms with E-state index < -0.39 is 17.0 Å². The molecule has 2 rings (SSSR count). The fourth-order valence-corrected chi connectivity index (χ4v) is 3.09. The van der Waals surface area contributed by atoms with Crippen LogP contribution in [0.3, 0.4) is 0 Å². The second-order valence-corrected chi connectivity index (χ2v) is 5.21. The number of carbonyl (C=O) groups excluding carboxylic acids is 3. The standard InChI is InChI=1S/C11H16N2O4/c1-6-4-10(2,8(15)17-3)5-11(6)7(14)12-9(16)13-11/h6H,4-5H2,1-3H3,(H2,12,13,14,16). The first kappa shape index (κ1) is 11.9. The number of methoxy groups -OCH3 is 1. The number of hydrogen-bond donors (Lipinski definition) is 2. The molecule has 94 valence electrons. The summed E-state index contributed by atoms with van der Waals surface area (Å²) in [4.78, 5) is 34.9. The maximum absolute atomic E-state index is 11.9. The van der Waals surface area contributed by atoms with Crippen molar-refractivity contribution >= 4 is 17.9 Å². The van der Waals surface area contributed by atoms with Gasteiger partial charge >= 0.3 is 12.0 Å². The lowest BCUT2D eigenvalue weighted by Gasteiger charge is -2.26. The average molecular weight is 240 g/mol. The number of nitrogens with one attached hydrogen (secondary N) is 2. The molecule has 3 atom stereocenters. The molecule has 1 aliphatic carbocycles. The van der Waals surface area contributed by atoms with Crippen molar-refractivity contribution < 1.29 is 19.1 Å². The number of esters is 1. The summed E-state index contributed by atoms with van der Waals surface area (Å²) in [5.41, 5.74) is -1.68. The van der Waals surface area contributed by atoms with Crippen LogP contribution in [-0.2, 0) is 14.3 Å². The summed E-state index contributed by atoms with van der Waals surface area (Å²) in [6.45, 7) is 3.63. The first-order valence-electron chi connectivity index (χ1n) is 5.56.